The van der Waals surface area contributed by atoms with Crippen LogP contribution in [0.1, 0.15) is 25.7 Å². The number of likely N-dealkylation sites (N-methyl/N-ethyl adjacent to an activating group) is 2. The highest BCUT2D eigenvalue weighted by atomic mass is 16.2. The molecule has 0 spiro atoms. The molecule has 1 atom stereocenters. The van der Waals surface area contributed by atoms with Gasteiger partial charge in [0.15, 0.2) is 0 Å². The lowest BCUT2D eigenvalue weighted by Gasteiger charge is -2.36. The summed E-state index contributed by atoms with van der Waals surface area (Å²) in [6, 6.07) is 0.481. The second-order valence-corrected chi connectivity index (χ2v) is 5.89. The van der Waals surface area contributed by atoms with Gasteiger partial charge in [-0.15, -0.1) is 0 Å². The molecule has 0 aromatic rings. The molecule has 2 heterocycles. The lowest BCUT2D eigenvalue weighted by Crippen LogP contribution is -2.50. The van der Waals surface area contributed by atoms with E-state index in [1.165, 1.54) is 12.8 Å². The van der Waals surface area contributed by atoms with E-state index in [0.717, 1.165) is 13.1 Å². The summed E-state index contributed by atoms with van der Waals surface area (Å²) in [4.78, 5) is 29.7. The topological polar surface area (TPSA) is 43.9 Å². The van der Waals surface area contributed by atoms with Gasteiger partial charge in [-0.3, -0.25) is 14.5 Å². The van der Waals surface area contributed by atoms with E-state index in [1.54, 1.807) is 0 Å². The third kappa shape index (κ3) is 4.01. The molecule has 0 aliphatic carbocycles. The van der Waals surface area contributed by atoms with Gasteiger partial charge in [0.05, 0.1) is 6.54 Å². The maximum Gasteiger partial charge on any atom is 0.236 e. The molecule has 1 unspecified atom stereocenters. The van der Waals surface area contributed by atoms with Gasteiger partial charge in [-0.2, -0.15) is 0 Å². The van der Waals surface area contributed by atoms with Gasteiger partial charge in [0, 0.05) is 38.5 Å². The fourth-order valence-corrected chi connectivity index (χ4v) is 2.95. The fraction of sp³-hybridized carbons (Fsp3) is 0.857. The largest absolute Gasteiger partial charge is 0.341 e. The zero-order valence-corrected chi connectivity index (χ0v) is 12.1. The van der Waals surface area contributed by atoms with E-state index >= 15 is 0 Å². The van der Waals surface area contributed by atoms with Crippen molar-refractivity contribution in [3.05, 3.63) is 0 Å². The van der Waals surface area contributed by atoms with Crippen molar-refractivity contribution in [2.24, 2.45) is 0 Å². The minimum absolute atomic E-state index is 0.170. The summed E-state index contributed by atoms with van der Waals surface area (Å²) >= 11 is 0. The second-order valence-electron chi connectivity index (χ2n) is 5.89. The Morgan fingerprint density at radius 2 is 2.00 bits per heavy atom. The quantitative estimate of drug-likeness (QED) is 0.733. The van der Waals surface area contributed by atoms with Gasteiger partial charge in [0.25, 0.3) is 0 Å². The Hall–Kier alpha value is -0.940. The van der Waals surface area contributed by atoms with Crippen molar-refractivity contribution in [2.45, 2.75) is 31.7 Å². The van der Waals surface area contributed by atoms with Gasteiger partial charge < -0.3 is 9.80 Å². The van der Waals surface area contributed by atoms with E-state index in [4.69, 9.17) is 0 Å². The van der Waals surface area contributed by atoms with Crippen molar-refractivity contribution in [2.75, 3.05) is 46.8 Å². The Morgan fingerprint density at radius 3 is 2.63 bits per heavy atom. The Morgan fingerprint density at radius 1 is 1.32 bits per heavy atom. The molecule has 2 rings (SSSR count). The molecular weight excluding hydrogens is 242 g/mol. The van der Waals surface area contributed by atoms with Crippen LogP contribution in [0, 0.1) is 0 Å². The highest BCUT2D eigenvalue weighted by Crippen LogP contribution is 2.14. The van der Waals surface area contributed by atoms with Gasteiger partial charge in [-0.25, -0.2) is 0 Å². The molecule has 0 radical (unpaired) electrons. The molecular formula is C14H25N3O2. The maximum absolute atomic E-state index is 12.2. The van der Waals surface area contributed by atoms with Crippen LogP contribution in [0.3, 0.4) is 0 Å². The zero-order chi connectivity index (χ0) is 13.8. The van der Waals surface area contributed by atoms with E-state index in [2.05, 4.69) is 16.8 Å². The van der Waals surface area contributed by atoms with Crippen LogP contribution in [0.4, 0.5) is 0 Å². The van der Waals surface area contributed by atoms with Crippen molar-refractivity contribution >= 4 is 11.7 Å². The third-order valence-electron chi connectivity index (χ3n) is 4.28. The third-order valence-corrected chi connectivity index (χ3v) is 4.28. The molecule has 0 bridgehead atoms. The molecule has 0 saturated carbocycles. The van der Waals surface area contributed by atoms with Crippen molar-refractivity contribution < 1.29 is 9.59 Å². The summed E-state index contributed by atoms with van der Waals surface area (Å²) in [5.74, 6) is 0.453. The first-order valence-electron chi connectivity index (χ1n) is 7.24. The van der Waals surface area contributed by atoms with Gasteiger partial charge in [-0.05, 0) is 33.5 Å². The zero-order valence-electron chi connectivity index (χ0n) is 12.1. The molecule has 1 amide bonds. The highest BCUT2D eigenvalue weighted by Gasteiger charge is 2.26. The average molecular weight is 267 g/mol. The minimum Gasteiger partial charge on any atom is -0.341 e. The van der Waals surface area contributed by atoms with Crippen molar-refractivity contribution in [3.63, 3.8) is 0 Å². The molecule has 19 heavy (non-hydrogen) atoms. The number of rotatable bonds is 3. The Balaban J connectivity index is 1.79. The van der Waals surface area contributed by atoms with Crippen molar-refractivity contribution in [3.8, 4) is 0 Å². The number of piperidine rings is 2. The number of ketones is 1. The predicted octanol–water partition coefficient (Wildman–Crippen LogP) is 0.204. The van der Waals surface area contributed by atoms with E-state index in [1.807, 2.05) is 11.9 Å². The normalized spacial score (nSPS) is 25.9. The van der Waals surface area contributed by atoms with Gasteiger partial charge in [-0.1, -0.05) is 0 Å². The number of hydrogen-bond donors (Lipinski definition) is 0. The number of likely N-dealkylation sites (tertiary alicyclic amines) is 2. The van der Waals surface area contributed by atoms with Gasteiger partial charge in [0.1, 0.15) is 5.78 Å². The predicted molar refractivity (Wildman–Crippen MR) is 74.0 cm³/mol. The summed E-state index contributed by atoms with van der Waals surface area (Å²) in [7, 11) is 4.18. The summed E-state index contributed by atoms with van der Waals surface area (Å²) in [6.07, 6.45) is 3.44. The lowest BCUT2D eigenvalue weighted by molar-refractivity contribution is -0.135. The van der Waals surface area contributed by atoms with E-state index in [-0.39, 0.29) is 11.7 Å². The number of hydrogen-bond acceptors (Lipinski definition) is 4. The first kappa shape index (κ1) is 14.5. The van der Waals surface area contributed by atoms with E-state index in [9.17, 15) is 9.59 Å². The second kappa shape index (κ2) is 6.48. The van der Waals surface area contributed by atoms with Crippen LogP contribution in [0.5, 0.6) is 0 Å². The molecule has 108 valence electrons. The van der Waals surface area contributed by atoms with Crippen molar-refractivity contribution in [1.29, 1.82) is 0 Å². The molecule has 2 fully saturated rings. The van der Waals surface area contributed by atoms with Crippen LogP contribution in [0.15, 0.2) is 0 Å². The molecule has 2 saturated heterocycles. The first-order valence-corrected chi connectivity index (χ1v) is 7.24. The molecule has 5 heteroatoms. The molecule has 0 aromatic carbocycles. The average Bonchev–Trinajstić information content (AvgIpc) is 2.39. The van der Waals surface area contributed by atoms with Crippen LogP contribution in [-0.2, 0) is 9.59 Å². The fourth-order valence-electron chi connectivity index (χ4n) is 2.95. The Kier molecular flexibility index (Phi) is 4.93. The van der Waals surface area contributed by atoms with Crippen LogP contribution in [-0.4, -0.2) is 79.3 Å². The van der Waals surface area contributed by atoms with Crippen molar-refractivity contribution in [1.82, 2.24) is 14.7 Å². The Labute approximate surface area is 115 Å². The van der Waals surface area contributed by atoms with Crippen LogP contribution in [0.2, 0.25) is 0 Å². The SMILES string of the molecule is CN1CCCC(N(C)CC(=O)N2CCC(=O)CC2)C1. The molecule has 5 nitrogen and oxygen atoms in total. The lowest BCUT2D eigenvalue weighted by atomic mass is 10.0. The smallest absolute Gasteiger partial charge is 0.236 e. The first-order chi connectivity index (χ1) is 9.06. The number of amides is 1. The van der Waals surface area contributed by atoms with Crippen LogP contribution >= 0.6 is 0 Å². The standard InChI is InChI=1S/C14H25N3O2/c1-15-7-3-4-12(10-15)16(2)11-14(19)17-8-5-13(18)6-9-17/h12H,3-11H2,1-2H3. The van der Waals surface area contributed by atoms with Crippen LogP contribution in [0.25, 0.3) is 0 Å². The molecule has 2 aliphatic rings. The number of carbonyl (C=O) groups excluding carboxylic acids is 2. The Bertz CT molecular complexity index is 336. The highest BCUT2D eigenvalue weighted by molar-refractivity contribution is 5.84. The van der Waals surface area contributed by atoms with Gasteiger partial charge in [0.2, 0.25) is 5.91 Å². The molecule has 0 aromatic heterocycles. The summed E-state index contributed by atoms with van der Waals surface area (Å²) in [5, 5.41) is 0. The summed E-state index contributed by atoms with van der Waals surface area (Å²) in [5.41, 5.74) is 0. The number of carbonyl (C=O) groups is 2. The van der Waals surface area contributed by atoms with E-state index in [0.29, 0.717) is 38.5 Å². The summed E-state index contributed by atoms with van der Waals surface area (Å²) in [6.45, 7) is 3.90. The molecule has 0 N–H and O–H groups in total. The van der Waals surface area contributed by atoms with E-state index < -0.39 is 0 Å². The monoisotopic (exact) mass is 267 g/mol. The van der Waals surface area contributed by atoms with Crippen LogP contribution < -0.4 is 0 Å². The summed E-state index contributed by atoms with van der Waals surface area (Å²) < 4.78 is 0. The number of Topliss-reactive ketones (excluding diaryl/α,β-unsaturated/α-hetero) is 1. The minimum atomic E-state index is 0.170. The maximum atomic E-state index is 12.2. The number of nitrogens with zero attached hydrogens (tertiary/aromatic N) is 3. The van der Waals surface area contributed by atoms with Gasteiger partial charge >= 0.3 is 0 Å². The molecule has 2 aliphatic heterocycles.